The van der Waals surface area contributed by atoms with Gasteiger partial charge in [0.1, 0.15) is 5.82 Å². The van der Waals surface area contributed by atoms with Crippen LogP contribution < -0.4 is 9.80 Å². The molecule has 0 radical (unpaired) electrons. The smallest absolute Gasteiger partial charge is 0.231 e. The second-order valence-corrected chi connectivity index (χ2v) is 4.30. The maximum absolute atomic E-state index is 4.39. The first-order valence-corrected chi connectivity index (χ1v) is 11.6. The van der Waals surface area contributed by atoms with Gasteiger partial charge in [0.25, 0.3) is 0 Å². The fourth-order valence-corrected chi connectivity index (χ4v) is 1.31. The van der Waals surface area contributed by atoms with Crippen LogP contribution in [0.4, 0.5) is 11.9 Å². The predicted octanol–water partition coefficient (Wildman–Crippen LogP) is 1.97. The number of hydrogen-bond acceptors (Lipinski definition) is 6. The van der Waals surface area contributed by atoms with Crippen molar-refractivity contribution in [1.82, 2.24) is 19.9 Å². The highest BCUT2D eigenvalue weighted by Gasteiger charge is 2.09. The molecule has 0 spiro atoms. The lowest BCUT2D eigenvalue weighted by molar-refractivity contribution is 0.409. The molecule has 104 valence electrons. The van der Waals surface area contributed by atoms with Gasteiger partial charge in [-0.25, -0.2) is 0 Å². The zero-order valence-corrected chi connectivity index (χ0v) is 16.0. The number of nitrogens with zero attached hydrogens (tertiary/aromatic N) is 6. The number of anilines is 2. The van der Waals surface area contributed by atoms with Crippen LogP contribution in [-0.2, 0) is 0 Å². The molecule has 0 unspecified atom stereocenters. The first kappa shape index (κ1) is 18.0. The van der Waals surface area contributed by atoms with Gasteiger partial charge in [-0.05, 0) is 21.0 Å². The van der Waals surface area contributed by atoms with Gasteiger partial charge in [-0.15, -0.1) is 0 Å². The molecule has 0 saturated carbocycles. The maximum Gasteiger partial charge on any atom is 0.231 e. The van der Waals surface area contributed by atoms with Gasteiger partial charge >= 0.3 is 0 Å². The Labute approximate surface area is 132 Å². The van der Waals surface area contributed by atoms with E-state index in [2.05, 4.69) is 57.1 Å². The summed E-state index contributed by atoms with van der Waals surface area (Å²) in [7, 11) is 9.83. The summed E-state index contributed by atoms with van der Waals surface area (Å²) in [6, 6.07) is 0. The van der Waals surface area contributed by atoms with E-state index in [0.29, 0.717) is 11.9 Å². The predicted molar refractivity (Wildman–Crippen MR) is 93.9 cm³/mol. The lowest BCUT2D eigenvalue weighted by Gasteiger charge is -2.22. The van der Waals surface area contributed by atoms with Crippen LogP contribution in [0, 0.1) is 6.92 Å². The van der Waals surface area contributed by atoms with E-state index in [-0.39, 0.29) is 0 Å². The summed E-state index contributed by atoms with van der Waals surface area (Å²) < 4.78 is 0. The van der Waals surface area contributed by atoms with Crippen LogP contribution in [0.2, 0.25) is 0 Å². The van der Waals surface area contributed by atoms with Crippen molar-refractivity contribution in [2.24, 2.45) is 0 Å². The monoisotopic (exact) mass is 478 g/mol. The van der Waals surface area contributed by atoms with Crippen LogP contribution in [0.25, 0.3) is 0 Å². The summed E-state index contributed by atoms with van der Waals surface area (Å²) in [4.78, 5) is 18.9. The normalized spacial score (nSPS) is 9.83. The summed E-state index contributed by atoms with van der Waals surface area (Å²) in [5.74, 6) is 2.12. The number of aryl methyl sites for hydroxylation is 1. The second-order valence-electron chi connectivity index (χ2n) is 4.30. The fraction of sp³-hybridized carbons (Fsp3) is 0.700. The van der Waals surface area contributed by atoms with Gasteiger partial charge in [-0.2, -0.15) is 15.0 Å². The average molecular weight is 478 g/mol. The van der Waals surface area contributed by atoms with Crippen molar-refractivity contribution < 1.29 is 0 Å². The van der Waals surface area contributed by atoms with Gasteiger partial charge in [0, 0.05) is 58.4 Å². The molecule has 0 atom stereocenters. The molecule has 0 saturated heterocycles. The highest BCUT2D eigenvalue weighted by Crippen LogP contribution is 2.10. The Morgan fingerprint density at radius 3 is 1.83 bits per heavy atom. The van der Waals surface area contributed by atoms with E-state index in [1.807, 2.05) is 52.0 Å². The molecule has 0 aliphatic carbocycles. The molecule has 1 heterocycles. The molecule has 0 fully saturated rings. The maximum atomic E-state index is 4.39. The second kappa shape index (κ2) is 9.02. The number of halogens is 2. The lowest BCUT2D eigenvalue weighted by atomic mass is 10.6. The summed E-state index contributed by atoms with van der Waals surface area (Å²) in [6.45, 7) is 2.65. The van der Waals surface area contributed by atoms with Crippen LogP contribution >= 0.6 is 37.2 Å². The van der Waals surface area contributed by atoms with Gasteiger partial charge < -0.3 is 9.80 Å². The molecule has 0 aliphatic rings. The van der Waals surface area contributed by atoms with Crippen molar-refractivity contribution in [2.75, 3.05) is 51.7 Å². The molecule has 18 heavy (non-hydrogen) atoms. The molecule has 8 heteroatoms. The lowest BCUT2D eigenvalue weighted by Crippen LogP contribution is -2.32. The molecule has 0 N–H and O–H groups in total. The minimum atomic E-state index is 0.688. The molecular formula is C10H20I2N6. The van der Waals surface area contributed by atoms with E-state index in [9.17, 15) is 0 Å². The zero-order valence-electron chi connectivity index (χ0n) is 11.6. The Morgan fingerprint density at radius 2 is 1.39 bits per heavy atom. The number of hydrogen-bond donors (Lipinski definition) is 0. The summed E-state index contributed by atoms with van der Waals surface area (Å²) in [6.07, 6.45) is 0. The Bertz CT molecular complexity index is 358. The Kier molecular flexibility index (Phi) is 9.03. The van der Waals surface area contributed by atoms with E-state index in [4.69, 9.17) is 0 Å². The minimum absolute atomic E-state index is 0.688. The standard InChI is InChI=1S/C10H20N6.I2/c1-8-11-9(15(4)5)13-10(12-8)16(6)7-14(2)3;1-2/h7H2,1-6H3;. The molecule has 1 aromatic heterocycles. The Morgan fingerprint density at radius 1 is 0.889 bits per heavy atom. The van der Waals surface area contributed by atoms with Crippen molar-refractivity contribution in [2.45, 2.75) is 6.92 Å². The average Bonchev–Trinajstić information content (AvgIpc) is 2.30. The summed E-state index contributed by atoms with van der Waals surface area (Å²) >= 11 is 4.24. The number of rotatable bonds is 4. The van der Waals surface area contributed by atoms with Crippen molar-refractivity contribution in [1.29, 1.82) is 0 Å². The van der Waals surface area contributed by atoms with Gasteiger partial charge in [0.05, 0.1) is 6.67 Å². The summed E-state index contributed by atoms with van der Waals surface area (Å²) in [5, 5.41) is 0. The van der Waals surface area contributed by atoms with Crippen LogP contribution in [0.15, 0.2) is 0 Å². The molecule has 0 bridgehead atoms. The Hall–Kier alpha value is 0.0300. The van der Waals surface area contributed by atoms with Gasteiger partial charge in [-0.3, -0.25) is 4.90 Å². The molecule has 0 aromatic carbocycles. The molecule has 1 aromatic rings. The highest BCUT2D eigenvalue weighted by atomic mass is 128. The van der Waals surface area contributed by atoms with Crippen LogP contribution in [0.3, 0.4) is 0 Å². The highest BCUT2D eigenvalue weighted by molar-refractivity contribution is 15.0. The first-order valence-electron chi connectivity index (χ1n) is 5.30. The number of aromatic nitrogens is 3. The van der Waals surface area contributed by atoms with E-state index in [1.54, 1.807) is 0 Å². The third-order valence-electron chi connectivity index (χ3n) is 1.96. The Balaban J connectivity index is 0.00000137. The molecule has 6 nitrogen and oxygen atoms in total. The first-order chi connectivity index (χ1) is 8.40. The largest absolute Gasteiger partial charge is 0.347 e. The SMILES string of the molecule is Cc1nc(N(C)C)nc(N(C)CN(C)C)n1.II. The fourth-order valence-electron chi connectivity index (χ4n) is 1.31. The minimum Gasteiger partial charge on any atom is -0.347 e. The topological polar surface area (TPSA) is 48.4 Å². The molecular weight excluding hydrogens is 458 g/mol. The molecule has 1 rings (SSSR count). The van der Waals surface area contributed by atoms with E-state index >= 15 is 0 Å². The van der Waals surface area contributed by atoms with Crippen molar-refractivity contribution >= 4 is 49.1 Å². The van der Waals surface area contributed by atoms with Gasteiger partial charge in [-0.1, -0.05) is 0 Å². The van der Waals surface area contributed by atoms with E-state index in [1.165, 1.54) is 0 Å². The quantitative estimate of drug-likeness (QED) is 0.488. The van der Waals surface area contributed by atoms with Crippen LogP contribution in [0.1, 0.15) is 5.82 Å². The van der Waals surface area contributed by atoms with Crippen LogP contribution in [-0.4, -0.2) is 61.8 Å². The molecule has 0 aliphatic heterocycles. The third-order valence-corrected chi connectivity index (χ3v) is 1.96. The summed E-state index contributed by atoms with van der Waals surface area (Å²) in [5.41, 5.74) is 0. The van der Waals surface area contributed by atoms with E-state index in [0.717, 1.165) is 12.5 Å². The van der Waals surface area contributed by atoms with Gasteiger partial charge in [0.15, 0.2) is 0 Å². The zero-order chi connectivity index (χ0) is 14.3. The third kappa shape index (κ3) is 6.27. The van der Waals surface area contributed by atoms with Crippen molar-refractivity contribution in [3.8, 4) is 0 Å². The van der Waals surface area contributed by atoms with Crippen molar-refractivity contribution in [3.05, 3.63) is 5.82 Å². The van der Waals surface area contributed by atoms with E-state index < -0.39 is 0 Å². The molecule has 0 amide bonds. The van der Waals surface area contributed by atoms with Crippen LogP contribution in [0.5, 0.6) is 0 Å². The van der Waals surface area contributed by atoms with Gasteiger partial charge in [0.2, 0.25) is 11.9 Å². The van der Waals surface area contributed by atoms with Crippen molar-refractivity contribution in [3.63, 3.8) is 0 Å².